The molecule has 0 N–H and O–H groups in total. The van der Waals surface area contributed by atoms with Crippen molar-refractivity contribution in [1.82, 2.24) is 0 Å². The zero-order valence-electron chi connectivity index (χ0n) is 21.5. The van der Waals surface area contributed by atoms with Crippen LogP contribution in [0.5, 0.6) is 0 Å². The van der Waals surface area contributed by atoms with Crippen LogP contribution in [0.2, 0.25) is 0 Å². The molecule has 0 nitrogen and oxygen atoms in total. The molecular formula is C34H34. The molecule has 0 saturated heterocycles. The predicted octanol–water partition coefficient (Wildman–Crippen LogP) is 8.93. The lowest BCUT2D eigenvalue weighted by Crippen LogP contribution is -2.30. The van der Waals surface area contributed by atoms with Gasteiger partial charge in [0.05, 0.1) is 5.41 Å². The highest BCUT2D eigenvalue weighted by atomic mass is 14.5. The summed E-state index contributed by atoms with van der Waals surface area (Å²) in [5.74, 6) is 0. The molecule has 0 saturated carbocycles. The average molecular weight is 443 g/mol. The maximum Gasteiger partial charge on any atom is 0.0728 e. The van der Waals surface area contributed by atoms with Gasteiger partial charge in [-0.2, -0.15) is 0 Å². The first-order valence-electron chi connectivity index (χ1n) is 12.5. The summed E-state index contributed by atoms with van der Waals surface area (Å²) in [6.07, 6.45) is 0. The molecule has 0 amide bonds. The molecular weight excluding hydrogens is 408 g/mol. The average Bonchev–Trinajstić information content (AvgIpc) is 3.24. The van der Waals surface area contributed by atoms with Crippen LogP contribution in [0.3, 0.4) is 0 Å². The molecule has 170 valence electrons. The Bertz CT molecular complexity index is 1420. The van der Waals surface area contributed by atoms with E-state index in [0.29, 0.717) is 0 Å². The summed E-state index contributed by atoms with van der Waals surface area (Å²) in [5.41, 5.74) is 15.4. The largest absolute Gasteiger partial charge is 0.0728 e. The Morgan fingerprint density at radius 3 is 1.65 bits per heavy atom. The molecule has 0 radical (unpaired) electrons. The Kier molecular flexibility index (Phi) is 4.24. The third-order valence-electron chi connectivity index (χ3n) is 8.01. The van der Waals surface area contributed by atoms with Crippen LogP contribution in [0.4, 0.5) is 0 Å². The third-order valence-corrected chi connectivity index (χ3v) is 8.01. The highest BCUT2D eigenvalue weighted by Gasteiger charge is 2.53. The number of benzene rings is 4. The lowest BCUT2D eigenvalue weighted by molar-refractivity contribution is 0.558. The van der Waals surface area contributed by atoms with Crippen molar-refractivity contribution in [2.45, 2.75) is 64.7 Å². The van der Waals surface area contributed by atoms with Gasteiger partial charge in [-0.3, -0.25) is 0 Å². The van der Waals surface area contributed by atoms with Gasteiger partial charge in [-0.15, -0.1) is 0 Å². The number of aryl methyl sites for hydroxylation is 1. The van der Waals surface area contributed by atoms with Crippen molar-refractivity contribution < 1.29 is 0 Å². The van der Waals surface area contributed by atoms with Gasteiger partial charge in [-0.25, -0.2) is 0 Å². The first-order valence-corrected chi connectivity index (χ1v) is 12.5. The van der Waals surface area contributed by atoms with Crippen LogP contribution >= 0.6 is 0 Å². The monoisotopic (exact) mass is 442 g/mol. The van der Waals surface area contributed by atoms with Crippen LogP contribution in [-0.4, -0.2) is 0 Å². The molecule has 34 heavy (non-hydrogen) atoms. The summed E-state index contributed by atoms with van der Waals surface area (Å²) in [5, 5.41) is 0. The van der Waals surface area contributed by atoms with E-state index in [-0.39, 0.29) is 16.2 Å². The highest BCUT2D eigenvalue weighted by molar-refractivity contribution is 5.96. The smallest absolute Gasteiger partial charge is 0.0619 e. The Hall–Kier alpha value is -3.12. The SMILES string of the molecule is Cc1ccc2c(c1)C1(c3ccccc3-c3ccccc31)c1c-2cc(C(C)(C)C)cc1C(C)(C)C. The molecule has 0 bridgehead atoms. The normalized spacial score (nSPS) is 15.1. The van der Waals surface area contributed by atoms with Gasteiger partial charge in [0, 0.05) is 0 Å². The second kappa shape index (κ2) is 6.72. The van der Waals surface area contributed by atoms with E-state index >= 15 is 0 Å². The number of fused-ring (bicyclic) bond motifs is 10. The second-order valence-corrected chi connectivity index (χ2v) is 12.3. The maximum absolute atomic E-state index is 2.52. The zero-order chi connectivity index (χ0) is 24.0. The molecule has 4 aromatic rings. The van der Waals surface area contributed by atoms with E-state index in [4.69, 9.17) is 0 Å². The fourth-order valence-electron chi connectivity index (χ4n) is 6.42. The van der Waals surface area contributed by atoms with E-state index in [1.807, 2.05) is 0 Å². The van der Waals surface area contributed by atoms with E-state index in [1.54, 1.807) is 0 Å². The molecule has 4 aromatic carbocycles. The number of rotatable bonds is 0. The molecule has 0 atom stereocenters. The summed E-state index contributed by atoms with van der Waals surface area (Å²) < 4.78 is 0. The lowest BCUT2D eigenvalue weighted by atomic mass is 9.65. The zero-order valence-corrected chi connectivity index (χ0v) is 21.5. The van der Waals surface area contributed by atoms with Crippen LogP contribution in [0, 0.1) is 6.92 Å². The first-order chi connectivity index (χ1) is 16.0. The van der Waals surface area contributed by atoms with Crippen molar-refractivity contribution >= 4 is 0 Å². The minimum atomic E-state index is -0.275. The number of hydrogen-bond donors (Lipinski definition) is 0. The van der Waals surface area contributed by atoms with Gasteiger partial charge >= 0.3 is 0 Å². The van der Waals surface area contributed by atoms with Crippen LogP contribution in [0.25, 0.3) is 22.3 Å². The van der Waals surface area contributed by atoms with Crippen LogP contribution < -0.4 is 0 Å². The van der Waals surface area contributed by atoms with Crippen molar-refractivity contribution in [1.29, 1.82) is 0 Å². The molecule has 2 aliphatic rings. The van der Waals surface area contributed by atoms with Gasteiger partial charge in [-0.05, 0) is 73.4 Å². The summed E-state index contributed by atoms with van der Waals surface area (Å²) in [6, 6.07) is 30.3. The number of hydrogen-bond acceptors (Lipinski definition) is 0. The molecule has 0 aromatic heterocycles. The van der Waals surface area contributed by atoms with E-state index in [1.165, 1.54) is 61.2 Å². The fourth-order valence-corrected chi connectivity index (χ4v) is 6.42. The Labute approximate surface area is 204 Å². The van der Waals surface area contributed by atoms with Crippen LogP contribution in [-0.2, 0) is 16.2 Å². The van der Waals surface area contributed by atoms with Gasteiger partial charge in [0.25, 0.3) is 0 Å². The first kappa shape index (κ1) is 21.4. The molecule has 1 spiro atoms. The summed E-state index contributed by atoms with van der Waals surface area (Å²) >= 11 is 0. The van der Waals surface area contributed by atoms with E-state index in [0.717, 1.165) is 0 Å². The van der Waals surface area contributed by atoms with E-state index in [9.17, 15) is 0 Å². The van der Waals surface area contributed by atoms with Crippen molar-refractivity contribution in [2.75, 3.05) is 0 Å². The molecule has 0 unspecified atom stereocenters. The van der Waals surface area contributed by atoms with Crippen molar-refractivity contribution in [3.8, 4) is 22.3 Å². The Balaban J connectivity index is 1.88. The van der Waals surface area contributed by atoms with Crippen LogP contribution in [0.15, 0.2) is 78.9 Å². The van der Waals surface area contributed by atoms with Crippen molar-refractivity contribution in [2.24, 2.45) is 0 Å². The summed E-state index contributed by atoms with van der Waals surface area (Å²) in [7, 11) is 0. The van der Waals surface area contributed by atoms with E-state index in [2.05, 4.69) is 127 Å². The van der Waals surface area contributed by atoms with Gasteiger partial charge in [0.15, 0.2) is 0 Å². The van der Waals surface area contributed by atoms with Crippen molar-refractivity contribution in [3.63, 3.8) is 0 Å². The quantitative estimate of drug-likeness (QED) is 0.220. The van der Waals surface area contributed by atoms with Gasteiger partial charge in [0.1, 0.15) is 0 Å². The third kappa shape index (κ3) is 2.66. The minimum Gasteiger partial charge on any atom is -0.0619 e. The molecule has 0 aliphatic heterocycles. The minimum absolute atomic E-state index is 0.0158. The molecule has 2 aliphatic carbocycles. The molecule has 6 rings (SSSR count). The van der Waals surface area contributed by atoms with Crippen molar-refractivity contribution in [3.05, 3.63) is 118 Å². The van der Waals surface area contributed by atoms with Gasteiger partial charge < -0.3 is 0 Å². The predicted molar refractivity (Wildman–Crippen MR) is 145 cm³/mol. The van der Waals surface area contributed by atoms with E-state index < -0.39 is 0 Å². The van der Waals surface area contributed by atoms with Crippen LogP contribution in [0.1, 0.15) is 80.5 Å². The topological polar surface area (TPSA) is 0 Å². The summed E-state index contributed by atoms with van der Waals surface area (Å²) in [4.78, 5) is 0. The highest BCUT2D eigenvalue weighted by Crippen LogP contribution is 2.64. The standard InChI is InChI=1S/C34H34/c1-21-16-17-25-26-19-22(32(2,3)4)20-30(33(5,6)7)31(26)34(29(25)18-21)27-14-10-8-12-23(27)24-13-9-11-15-28(24)34/h8-20H,1-7H3. The maximum atomic E-state index is 2.52. The second-order valence-electron chi connectivity index (χ2n) is 12.3. The fraction of sp³-hybridized carbons (Fsp3) is 0.294. The summed E-state index contributed by atoms with van der Waals surface area (Å²) in [6.45, 7) is 16.4. The Morgan fingerprint density at radius 2 is 1.09 bits per heavy atom. The lowest BCUT2D eigenvalue weighted by Gasteiger charge is -2.36. The van der Waals surface area contributed by atoms with Gasteiger partial charge in [0.2, 0.25) is 0 Å². The Morgan fingerprint density at radius 1 is 0.529 bits per heavy atom. The molecule has 0 fully saturated rings. The van der Waals surface area contributed by atoms with Gasteiger partial charge in [-0.1, -0.05) is 126 Å². The molecule has 0 heterocycles. The molecule has 0 heteroatoms.